The second-order valence-electron chi connectivity index (χ2n) is 4.27. The summed E-state index contributed by atoms with van der Waals surface area (Å²) in [5.74, 6) is 0. The van der Waals surface area contributed by atoms with Crippen LogP contribution in [0, 0.1) is 0 Å². The number of halogens is 3. The highest BCUT2D eigenvalue weighted by Crippen LogP contribution is 2.28. The van der Waals surface area contributed by atoms with E-state index in [9.17, 15) is 18.3 Å². The lowest BCUT2D eigenvalue weighted by atomic mass is 10.0. The van der Waals surface area contributed by atoms with Crippen LogP contribution in [-0.4, -0.2) is 17.4 Å². The summed E-state index contributed by atoms with van der Waals surface area (Å²) in [7, 11) is 0. The maximum atomic E-state index is 12.0. The fourth-order valence-corrected chi connectivity index (χ4v) is 2.85. The zero-order chi connectivity index (χ0) is 13.2. The Labute approximate surface area is 107 Å². The summed E-state index contributed by atoms with van der Waals surface area (Å²) in [6, 6.07) is 7.70. The van der Waals surface area contributed by atoms with Gasteiger partial charge < -0.3 is 5.11 Å². The molecule has 0 aliphatic rings. The van der Waals surface area contributed by atoms with Gasteiger partial charge in [0.25, 0.3) is 0 Å². The lowest BCUT2D eigenvalue weighted by Crippen LogP contribution is -2.16. The van der Waals surface area contributed by atoms with Crippen LogP contribution < -0.4 is 0 Å². The zero-order valence-corrected chi connectivity index (χ0v) is 10.4. The molecule has 0 amide bonds. The lowest BCUT2D eigenvalue weighted by molar-refractivity contribution is -0.139. The third-order valence-electron chi connectivity index (χ3n) is 2.78. The number of fused-ring (bicyclic) bond motifs is 1. The Bertz CT molecular complexity index is 518. The zero-order valence-electron chi connectivity index (χ0n) is 9.57. The third kappa shape index (κ3) is 3.46. The van der Waals surface area contributed by atoms with Crippen molar-refractivity contribution >= 4 is 21.4 Å². The molecule has 2 aromatic rings. The molecule has 1 aromatic carbocycles. The van der Waals surface area contributed by atoms with Crippen LogP contribution in [0.4, 0.5) is 13.2 Å². The smallest absolute Gasteiger partial charge is 0.389 e. The SMILES string of the molecule is OC(CCC(F)(F)F)Cc1csc2ccccc12. The Morgan fingerprint density at radius 2 is 1.94 bits per heavy atom. The molecule has 0 saturated carbocycles. The number of alkyl halides is 3. The number of aliphatic hydroxyl groups is 1. The van der Waals surface area contributed by atoms with Gasteiger partial charge in [-0.3, -0.25) is 0 Å². The fraction of sp³-hybridized carbons (Fsp3) is 0.385. The Hall–Kier alpha value is -1.07. The minimum absolute atomic E-state index is 0.242. The van der Waals surface area contributed by atoms with E-state index in [0.29, 0.717) is 0 Å². The largest absolute Gasteiger partial charge is 0.393 e. The van der Waals surface area contributed by atoms with Gasteiger partial charge in [0, 0.05) is 11.1 Å². The van der Waals surface area contributed by atoms with Gasteiger partial charge in [-0.05, 0) is 35.2 Å². The van der Waals surface area contributed by atoms with Crippen molar-refractivity contribution in [3.8, 4) is 0 Å². The summed E-state index contributed by atoms with van der Waals surface area (Å²) in [5.41, 5.74) is 0.922. The second-order valence-corrected chi connectivity index (χ2v) is 5.18. The predicted octanol–water partition coefficient (Wildman–Crippen LogP) is 4.15. The average Bonchev–Trinajstić information content (AvgIpc) is 2.70. The molecule has 0 spiro atoms. The molecule has 18 heavy (non-hydrogen) atoms. The number of hydrogen-bond acceptors (Lipinski definition) is 2. The van der Waals surface area contributed by atoms with Crippen LogP contribution in [0.3, 0.4) is 0 Å². The first kappa shape index (κ1) is 13.4. The maximum absolute atomic E-state index is 12.0. The van der Waals surface area contributed by atoms with Crippen molar-refractivity contribution in [1.82, 2.24) is 0 Å². The van der Waals surface area contributed by atoms with Crippen molar-refractivity contribution in [1.29, 1.82) is 0 Å². The molecule has 2 rings (SSSR count). The molecular formula is C13H13F3OS. The highest BCUT2D eigenvalue weighted by atomic mass is 32.1. The molecule has 0 fully saturated rings. The van der Waals surface area contributed by atoms with Gasteiger partial charge in [-0.2, -0.15) is 13.2 Å². The molecule has 0 bridgehead atoms. The predicted molar refractivity (Wildman–Crippen MR) is 66.8 cm³/mol. The van der Waals surface area contributed by atoms with Crippen LogP contribution in [0.5, 0.6) is 0 Å². The molecule has 1 aromatic heterocycles. The number of rotatable bonds is 4. The van der Waals surface area contributed by atoms with Crippen LogP contribution in [0.1, 0.15) is 18.4 Å². The molecular weight excluding hydrogens is 261 g/mol. The van der Waals surface area contributed by atoms with E-state index in [2.05, 4.69) is 0 Å². The summed E-state index contributed by atoms with van der Waals surface area (Å²) >= 11 is 1.55. The fourth-order valence-electron chi connectivity index (χ4n) is 1.88. The summed E-state index contributed by atoms with van der Waals surface area (Å²) in [6.45, 7) is 0. The summed E-state index contributed by atoms with van der Waals surface area (Å²) in [4.78, 5) is 0. The first-order valence-electron chi connectivity index (χ1n) is 5.65. The highest BCUT2D eigenvalue weighted by molar-refractivity contribution is 7.17. The van der Waals surface area contributed by atoms with Gasteiger partial charge in [0.05, 0.1) is 6.10 Å². The normalized spacial score (nSPS) is 14.0. The van der Waals surface area contributed by atoms with E-state index in [1.807, 2.05) is 29.6 Å². The Balaban J connectivity index is 2.01. The van der Waals surface area contributed by atoms with E-state index >= 15 is 0 Å². The van der Waals surface area contributed by atoms with Gasteiger partial charge in [-0.1, -0.05) is 18.2 Å². The van der Waals surface area contributed by atoms with Gasteiger partial charge in [0.1, 0.15) is 0 Å². The van der Waals surface area contributed by atoms with Crippen molar-refractivity contribution in [3.05, 3.63) is 35.2 Å². The van der Waals surface area contributed by atoms with Crippen molar-refractivity contribution in [3.63, 3.8) is 0 Å². The van der Waals surface area contributed by atoms with Gasteiger partial charge in [-0.15, -0.1) is 11.3 Å². The Morgan fingerprint density at radius 1 is 1.22 bits per heavy atom. The van der Waals surface area contributed by atoms with Gasteiger partial charge in [0.2, 0.25) is 0 Å². The van der Waals surface area contributed by atoms with Crippen LogP contribution in [-0.2, 0) is 6.42 Å². The second kappa shape index (κ2) is 5.28. The number of benzene rings is 1. The summed E-state index contributed by atoms with van der Waals surface area (Å²) in [5, 5.41) is 12.6. The van der Waals surface area contributed by atoms with Crippen LogP contribution in [0.15, 0.2) is 29.6 Å². The van der Waals surface area contributed by atoms with Crippen molar-refractivity contribution in [2.24, 2.45) is 0 Å². The molecule has 0 aliphatic heterocycles. The molecule has 1 heterocycles. The van der Waals surface area contributed by atoms with E-state index in [0.717, 1.165) is 15.6 Å². The maximum Gasteiger partial charge on any atom is 0.389 e. The number of aliphatic hydroxyl groups excluding tert-OH is 1. The minimum atomic E-state index is -4.20. The first-order valence-corrected chi connectivity index (χ1v) is 6.53. The quantitative estimate of drug-likeness (QED) is 0.888. The van der Waals surface area contributed by atoms with Crippen molar-refractivity contribution < 1.29 is 18.3 Å². The molecule has 1 N–H and O–H groups in total. The van der Waals surface area contributed by atoms with Crippen LogP contribution in [0.2, 0.25) is 0 Å². The van der Waals surface area contributed by atoms with Crippen LogP contribution in [0.25, 0.3) is 10.1 Å². The number of hydrogen-bond donors (Lipinski definition) is 1. The molecule has 1 atom stereocenters. The highest BCUT2D eigenvalue weighted by Gasteiger charge is 2.28. The van der Waals surface area contributed by atoms with E-state index in [-0.39, 0.29) is 12.8 Å². The van der Waals surface area contributed by atoms with Gasteiger partial charge in [0.15, 0.2) is 0 Å². The monoisotopic (exact) mass is 274 g/mol. The molecule has 0 saturated heterocycles. The Morgan fingerprint density at radius 3 is 2.67 bits per heavy atom. The average molecular weight is 274 g/mol. The van der Waals surface area contributed by atoms with E-state index in [4.69, 9.17) is 0 Å². The molecule has 98 valence electrons. The van der Waals surface area contributed by atoms with E-state index in [1.165, 1.54) is 0 Å². The topological polar surface area (TPSA) is 20.2 Å². The van der Waals surface area contributed by atoms with Crippen molar-refractivity contribution in [2.45, 2.75) is 31.5 Å². The first-order chi connectivity index (χ1) is 8.46. The Kier molecular flexibility index (Phi) is 3.92. The van der Waals surface area contributed by atoms with Crippen LogP contribution >= 0.6 is 11.3 Å². The molecule has 5 heteroatoms. The lowest BCUT2D eigenvalue weighted by Gasteiger charge is -2.11. The van der Waals surface area contributed by atoms with E-state index < -0.39 is 18.7 Å². The summed E-state index contributed by atoms with van der Waals surface area (Å²) < 4.78 is 37.2. The molecule has 1 unspecified atom stereocenters. The van der Waals surface area contributed by atoms with Crippen molar-refractivity contribution in [2.75, 3.05) is 0 Å². The van der Waals surface area contributed by atoms with Gasteiger partial charge in [-0.25, -0.2) is 0 Å². The van der Waals surface area contributed by atoms with E-state index in [1.54, 1.807) is 11.3 Å². The number of thiophene rings is 1. The summed E-state index contributed by atoms with van der Waals surface area (Å²) in [6.07, 6.45) is -6.04. The minimum Gasteiger partial charge on any atom is -0.393 e. The third-order valence-corrected chi connectivity index (χ3v) is 3.79. The molecule has 0 aliphatic carbocycles. The standard InChI is InChI=1S/C13H13F3OS/c14-13(15,16)6-5-10(17)7-9-8-18-12-4-2-1-3-11(9)12/h1-4,8,10,17H,5-7H2. The van der Waals surface area contributed by atoms with Gasteiger partial charge >= 0.3 is 6.18 Å². The molecule has 0 radical (unpaired) electrons. The molecule has 1 nitrogen and oxygen atoms in total.